The van der Waals surface area contributed by atoms with E-state index in [1.54, 1.807) is 7.11 Å². The topological polar surface area (TPSA) is 54.9 Å². The zero-order valence-corrected chi connectivity index (χ0v) is 19.0. The van der Waals surface area contributed by atoms with Crippen LogP contribution < -0.4 is 15.4 Å². The van der Waals surface area contributed by atoms with Gasteiger partial charge in [0.1, 0.15) is 5.75 Å². The molecule has 0 amide bonds. The van der Waals surface area contributed by atoms with Gasteiger partial charge in [-0.1, -0.05) is 19.1 Å². The fourth-order valence-corrected chi connectivity index (χ4v) is 2.50. The first kappa shape index (κ1) is 25.0. The summed E-state index contributed by atoms with van der Waals surface area (Å²) in [5, 5.41) is 6.73. The molecule has 6 heteroatoms. The number of rotatable bonds is 12. The lowest BCUT2D eigenvalue weighted by atomic mass is 9.98. The smallest absolute Gasteiger partial charge is 0.191 e. The summed E-state index contributed by atoms with van der Waals surface area (Å²) >= 11 is 0. The molecule has 0 saturated heterocycles. The molecule has 150 valence electrons. The minimum absolute atomic E-state index is 0. The van der Waals surface area contributed by atoms with Crippen molar-refractivity contribution in [2.75, 3.05) is 40.0 Å². The Morgan fingerprint density at radius 2 is 1.85 bits per heavy atom. The van der Waals surface area contributed by atoms with Crippen LogP contribution in [0.2, 0.25) is 0 Å². The van der Waals surface area contributed by atoms with Gasteiger partial charge in [0, 0.05) is 32.8 Å². The molecule has 1 atom stereocenters. The van der Waals surface area contributed by atoms with Gasteiger partial charge in [0.25, 0.3) is 0 Å². The van der Waals surface area contributed by atoms with Gasteiger partial charge in [-0.3, -0.25) is 4.99 Å². The summed E-state index contributed by atoms with van der Waals surface area (Å²) < 4.78 is 10.6. The highest BCUT2D eigenvalue weighted by Gasteiger charge is 2.06. The van der Waals surface area contributed by atoms with Crippen molar-refractivity contribution < 1.29 is 9.47 Å². The standard InChI is InChI=1S/C20H35N3O2.HI/c1-5-21-20(22-14-7-8-16-25-6-2)23-15-13-17(3)18-9-11-19(24-4)12-10-18;/h9-12,17H,5-8,13-16H2,1-4H3,(H2,21,22,23);1H. The zero-order chi connectivity index (χ0) is 18.3. The Morgan fingerprint density at radius 3 is 2.46 bits per heavy atom. The van der Waals surface area contributed by atoms with Gasteiger partial charge in [-0.15, -0.1) is 24.0 Å². The third-order valence-corrected chi connectivity index (χ3v) is 4.07. The third-order valence-electron chi connectivity index (χ3n) is 4.07. The molecule has 2 N–H and O–H groups in total. The fraction of sp³-hybridized carbons (Fsp3) is 0.650. The average Bonchev–Trinajstić information content (AvgIpc) is 2.64. The van der Waals surface area contributed by atoms with E-state index in [9.17, 15) is 0 Å². The molecule has 5 nitrogen and oxygen atoms in total. The second-order valence-corrected chi connectivity index (χ2v) is 6.05. The molecule has 0 aromatic heterocycles. The van der Waals surface area contributed by atoms with E-state index in [0.717, 1.165) is 63.8 Å². The molecule has 1 rings (SSSR count). The summed E-state index contributed by atoms with van der Waals surface area (Å²) in [5.74, 6) is 2.30. The van der Waals surface area contributed by atoms with Crippen LogP contribution in [0, 0.1) is 0 Å². The van der Waals surface area contributed by atoms with E-state index in [2.05, 4.69) is 41.6 Å². The number of aliphatic imine (C=N–C) groups is 1. The first-order valence-corrected chi connectivity index (χ1v) is 9.45. The number of unbranched alkanes of at least 4 members (excludes halogenated alkanes) is 1. The summed E-state index contributed by atoms with van der Waals surface area (Å²) in [4.78, 5) is 4.63. The summed E-state index contributed by atoms with van der Waals surface area (Å²) in [6.07, 6.45) is 3.17. The van der Waals surface area contributed by atoms with Gasteiger partial charge in [-0.05, 0) is 56.7 Å². The first-order valence-electron chi connectivity index (χ1n) is 9.45. The molecular formula is C20H36IN3O2. The van der Waals surface area contributed by atoms with Crippen LogP contribution >= 0.6 is 24.0 Å². The molecule has 0 aliphatic carbocycles. The van der Waals surface area contributed by atoms with Gasteiger partial charge in [-0.2, -0.15) is 0 Å². The Kier molecular flexibility index (Phi) is 15.5. The maximum atomic E-state index is 5.35. The molecule has 1 unspecified atom stereocenters. The van der Waals surface area contributed by atoms with Crippen LogP contribution in [0.3, 0.4) is 0 Å². The predicted molar refractivity (Wildman–Crippen MR) is 121 cm³/mol. The molecule has 26 heavy (non-hydrogen) atoms. The van der Waals surface area contributed by atoms with Crippen molar-refractivity contribution in [1.29, 1.82) is 0 Å². The van der Waals surface area contributed by atoms with Crippen LogP contribution in [0.15, 0.2) is 29.3 Å². The molecule has 0 heterocycles. The molecule has 0 bridgehead atoms. The summed E-state index contributed by atoms with van der Waals surface area (Å²) in [6.45, 7) is 10.6. The normalized spacial score (nSPS) is 12.2. The molecule has 1 aromatic rings. The van der Waals surface area contributed by atoms with Gasteiger partial charge in [-0.25, -0.2) is 0 Å². The van der Waals surface area contributed by atoms with Gasteiger partial charge < -0.3 is 20.1 Å². The van der Waals surface area contributed by atoms with Crippen LogP contribution in [-0.4, -0.2) is 45.9 Å². The highest BCUT2D eigenvalue weighted by Crippen LogP contribution is 2.21. The zero-order valence-electron chi connectivity index (χ0n) is 16.7. The van der Waals surface area contributed by atoms with E-state index in [1.807, 2.05) is 19.1 Å². The van der Waals surface area contributed by atoms with Crippen LogP contribution in [0.5, 0.6) is 5.75 Å². The van der Waals surface area contributed by atoms with Crippen molar-refractivity contribution >= 4 is 29.9 Å². The molecule has 0 aliphatic rings. The third kappa shape index (κ3) is 10.9. The number of ether oxygens (including phenoxy) is 2. The van der Waals surface area contributed by atoms with Crippen LogP contribution in [0.25, 0.3) is 0 Å². The Hall–Kier alpha value is -1.02. The second-order valence-electron chi connectivity index (χ2n) is 6.05. The molecule has 0 spiro atoms. The number of nitrogens with one attached hydrogen (secondary N) is 2. The maximum Gasteiger partial charge on any atom is 0.191 e. The van der Waals surface area contributed by atoms with Crippen LogP contribution in [0.1, 0.15) is 51.5 Å². The van der Waals surface area contributed by atoms with Crippen molar-refractivity contribution in [2.24, 2.45) is 4.99 Å². The van der Waals surface area contributed by atoms with Crippen molar-refractivity contribution in [3.05, 3.63) is 29.8 Å². The van der Waals surface area contributed by atoms with E-state index < -0.39 is 0 Å². The van der Waals surface area contributed by atoms with Gasteiger partial charge >= 0.3 is 0 Å². The monoisotopic (exact) mass is 477 g/mol. The maximum absolute atomic E-state index is 5.35. The molecule has 0 aliphatic heterocycles. The van der Waals surface area contributed by atoms with Gasteiger partial charge in [0.15, 0.2) is 5.96 Å². The van der Waals surface area contributed by atoms with E-state index in [4.69, 9.17) is 9.47 Å². The van der Waals surface area contributed by atoms with Crippen LogP contribution in [-0.2, 0) is 4.74 Å². The minimum atomic E-state index is 0. The number of hydrogen-bond acceptors (Lipinski definition) is 3. The van der Waals surface area contributed by atoms with Gasteiger partial charge in [0.05, 0.1) is 7.11 Å². The van der Waals surface area contributed by atoms with Crippen molar-refractivity contribution in [1.82, 2.24) is 10.6 Å². The number of halogens is 1. The highest BCUT2D eigenvalue weighted by molar-refractivity contribution is 14.0. The quantitative estimate of drug-likeness (QED) is 0.205. The minimum Gasteiger partial charge on any atom is -0.497 e. The summed E-state index contributed by atoms with van der Waals surface area (Å²) in [7, 11) is 1.70. The number of hydrogen-bond donors (Lipinski definition) is 2. The van der Waals surface area contributed by atoms with E-state index >= 15 is 0 Å². The number of methoxy groups -OCH3 is 1. The second kappa shape index (κ2) is 16.2. The highest BCUT2D eigenvalue weighted by atomic mass is 127. The fourth-order valence-electron chi connectivity index (χ4n) is 2.50. The largest absolute Gasteiger partial charge is 0.497 e. The Labute approximate surface area is 176 Å². The van der Waals surface area contributed by atoms with Crippen molar-refractivity contribution in [2.45, 2.75) is 46.0 Å². The number of nitrogens with zero attached hydrogens (tertiary/aromatic N) is 1. The van der Waals surface area contributed by atoms with Crippen molar-refractivity contribution in [3.8, 4) is 5.75 Å². The average molecular weight is 477 g/mol. The predicted octanol–water partition coefficient (Wildman–Crippen LogP) is 4.18. The van der Waals surface area contributed by atoms with Gasteiger partial charge in [0.2, 0.25) is 0 Å². The first-order chi connectivity index (χ1) is 12.2. The Balaban J connectivity index is 0.00000625. The lowest BCUT2D eigenvalue weighted by molar-refractivity contribution is 0.144. The van der Waals surface area contributed by atoms with Crippen molar-refractivity contribution in [3.63, 3.8) is 0 Å². The molecule has 0 saturated carbocycles. The SMILES string of the molecule is CCNC(=NCCCCOCC)NCCC(C)c1ccc(OC)cc1.I. The summed E-state index contributed by atoms with van der Waals surface area (Å²) in [5.41, 5.74) is 1.33. The number of guanidine groups is 1. The van der Waals surface area contributed by atoms with E-state index in [1.165, 1.54) is 5.56 Å². The molecular weight excluding hydrogens is 441 g/mol. The molecule has 0 radical (unpaired) electrons. The molecule has 0 fully saturated rings. The Bertz CT molecular complexity index is 480. The number of benzene rings is 1. The molecule has 1 aromatic carbocycles. The van der Waals surface area contributed by atoms with E-state index in [-0.39, 0.29) is 24.0 Å². The Morgan fingerprint density at radius 1 is 1.12 bits per heavy atom. The lowest BCUT2D eigenvalue weighted by Gasteiger charge is -2.15. The van der Waals surface area contributed by atoms with Crippen LogP contribution in [0.4, 0.5) is 0 Å². The lowest BCUT2D eigenvalue weighted by Crippen LogP contribution is -2.38. The summed E-state index contributed by atoms with van der Waals surface area (Å²) in [6, 6.07) is 8.32. The van der Waals surface area contributed by atoms with E-state index in [0.29, 0.717) is 5.92 Å².